The first-order valence-electron chi connectivity index (χ1n) is 8.90. The predicted molar refractivity (Wildman–Crippen MR) is 125 cm³/mol. The van der Waals surface area contributed by atoms with Gasteiger partial charge >= 0.3 is 0 Å². The maximum atomic E-state index is 12.1. The molecule has 0 spiro atoms. The van der Waals surface area contributed by atoms with E-state index in [2.05, 4.69) is 10.5 Å². The molecular formula is C22H16Cl4N2O3. The van der Waals surface area contributed by atoms with E-state index in [9.17, 15) is 4.79 Å². The first-order valence-corrected chi connectivity index (χ1v) is 10.4. The first kappa shape index (κ1) is 23.2. The van der Waals surface area contributed by atoms with Crippen LogP contribution in [0.25, 0.3) is 0 Å². The van der Waals surface area contributed by atoms with E-state index >= 15 is 0 Å². The number of ether oxygens (including phenoxy) is 2. The fourth-order valence-electron chi connectivity index (χ4n) is 2.57. The van der Waals surface area contributed by atoms with E-state index in [0.717, 1.165) is 5.56 Å². The number of methoxy groups -OCH3 is 1. The van der Waals surface area contributed by atoms with Gasteiger partial charge in [-0.15, -0.1) is 0 Å². The van der Waals surface area contributed by atoms with Crippen molar-refractivity contribution in [3.05, 3.63) is 91.4 Å². The Balaban J connectivity index is 1.70. The third-order valence-electron chi connectivity index (χ3n) is 4.13. The Morgan fingerprint density at radius 3 is 2.35 bits per heavy atom. The van der Waals surface area contributed by atoms with Gasteiger partial charge in [-0.1, -0.05) is 52.5 Å². The SMILES string of the molecule is COc1cc(/C=N\NC(=O)c2ccc(Cl)cc2)cc(Cl)c1OCc1ccc(Cl)cc1Cl. The number of nitrogens with one attached hydrogen (secondary N) is 1. The van der Waals surface area contributed by atoms with Gasteiger partial charge in [-0.2, -0.15) is 5.10 Å². The van der Waals surface area contributed by atoms with Gasteiger partial charge in [-0.25, -0.2) is 5.43 Å². The Morgan fingerprint density at radius 2 is 1.68 bits per heavy atom. The van der Waals surface area contributed by atoms with Gasteiger partial charge < -0.3 is 9.47 Å². The Hall–Kier alpha value is -2.44. The highest BCUT2D eigenvalue weighted by atomic mass is 35.5. The van der Waals surface area contributed by atoms with Crippen LogP contribution in [0.1, 0.15) is 21.5 Å². The van der Waals surface area contributed by atoms with E-state index < -0.39 is 0 Å². The second kappa shape index (κ2) is 10.7. The standard InChI is InChI=1S/C22H16Cl4N2O3/c1-30-20-9-13(11-27-28-22(29)14-2-5-16(23)6-3-14)8-19(26)21(20)31-12-15-4-7-17(24)10-18(15)25/h2-11H,12H2,1H3,(H,28,29)/b27-11-. The lowest BCUT2D eigenvalue weighted by molar-refractivity contribution is 0.0955. The molecule has 5 nitrogen and oxygen atoms in total. The van der Waals surface area contributed by atoms with Gasteiger partial charge in [0.1, 0.15) is 6.61 Å². The van der Waals surface area contributed by atoms with Crippen molar-refractivity contribution >= 4 is 58.5 Å². The van der Waals surface area contributed by atoms with Gasteiger partial charge in [0.15, 0.2) is 11.5 Å². The second-order valence-electron chi connectivity index (χ2n) is 6.26. The molecule has 0 saturated heterocycles. The molecule has 0 aliphatic rings. The molecule has 9 heteroatoms. The molecule has 1 amide bonds. The molecule has 0 unspecified atom stereocenters. The number of amides is 1. The van der Waals surface area contributed by atoms with E-state index in [1.54, 1.807) is 54.6 Å². The normalized spacial score (nSPS) is 10.9. The quantitative estimate of drug-likeness (QED) is 0.293. The topological polar surface area (TPSA) is 59.9 Å². The van der Waals surface area contributed by atoms with Crippen molar-refractivity contribution in [2.45, 2.75) is 6.61 Å². The van der Waals surface area contributed by atoms with Gasteiger partial charge in [-0.3, -0.25) is 4.79 Å². The Morgan fingerprint density at radius 1 is 0.968 bits per heavy atom. The summed E-state index contributed by atoms with van der Waals surface area (Å²) in [5, 5.41) is 5.84. The molecule has 0 radical (unpaired) electrons. The Kier molecular flexibility index (Phi) is 8.04. The van der Waals surface area contributed by atoms with Crippen LogP contribution in [0.15, 0.2) is 59.7 Å². The van der Waals surface area contributed by atoms with Crippen LogP contribution in [0.4, 0.5) is 0 Å². The summed E-state index contributed by atoms with van der Waals surface area (Å²) in [4.78, 5) is 12.1. The minimum Gasteiger partial charge on any atom is -0.493 e. The number of halogens is 4. The van der Waals surface area contributed by atoms with E-state index in [-0.39, 0.29) is 12.5 Å². The van der Waals surface area contributed by atoms with Crippen molar-refractivity contribution in [2.75, 3.05) is 7.11 Å². The summed E-state index contributed by atoms with van der Waals surface area (Å²) in [6.45, 7) is 0.177. The van der Waals surface area contributed by atoms with Crippen LogP contribution in [0.3, 0.4) is 0 Å². The number of carbonyl (C=O) groups is 1. The highest BCUT2D eigenvalue weighted by Crippen LogP contribution is 2.37. The van der Waals surface area contributed by atoms with Crippen molar-refractivity contribution < 1.29 is 14.3 Å². The van der Waals surface area contributed by atoms with E-state index in [0.29, 0.717) is 42.7 Å². The summed E-state index contributed by atoms with van der Waals surface area (Å²) in [5.41, 5.74) is 4.23. The second-order valence-corrected chi connectivity index (χ2v) is 7.95. The van der Waals surface area contributed by atoms with Crippen LogP contribution in [-0.2, 0) is 6.61 Å². The van der Waals surface area contributed by atoms with Gasteiger partial charge in [0.2, 0.25) is 0 Å². The summed E-state index contributed by atoms with van der Waals surface area (Å²) in [5.74, 6) is 0.395. The predicted octanol–water partition coefficient (Wildman–Crippen LogP) is 6.65. The lowest BCUT2D eigenvalue weighted by atomic mass is 10.2. The lowest BCUT2D eigenvalue weighted by Crippen LogP contribution is -2.17. The molecule has 0 saturated carbocycles. The van der Waals surface area contributed by atoms with Crippen molar-refractivity contribution in [3.63, 3.8) is 0 Å². The Labute approximate surface area is 199 Å². The molecule has 31 heavy (non-hydrogen) atoms. The molecule has 0 aliphatic heterocycles. The minimum absolute atomic E-state index is 0.177. The number of nitrogens with zero attached hydrogens (tertiary/aromatic N) is 1. The van der Waals surface area contributed by atoms with Gasteiger partial charge in [0, 0.05) is 26.2 Å². The molecule has 0 aromatic heterocycles. The molecule has 0 heterocycles. The number of hydrogen-bond acceptors (Lipinski definition) is 4. The lowest BCUT2D eigenvalue weighted by Gasteiger charge is -2.14. The van der Waals surface area contributed by atoms with E-state index in [1.165, 1.54) is 13.3 Å². The van der Waals surface area contributed by atoms with Gasteiger partial charge in [-0.05, 0) is 54.1 Å². The molecule has 0 fully saturated rings. The first-order chi connectivity index (χ1) is 14.9. The maximum Gasteiger partial charge on any atom is 0.271 e. The average Bonchev–Trinajstić information content (AvgIpc) is 2.74. The van der Waals surface area contributed by atoms with Crippen LogP contribution >= 0.6 is 46.4 Å². The zero-order chi connectivity index (χ0) is 22.4. The summed E-state index contributed by atoms with van der Waals surface area (Å²) >= 11 is 24.3. The van der Waals surface area contributed by atoms with Gasteiger partial charge in [0.05, 0.1) is 18.3 Å². The van der Waals surface area contributed by atoms with E-state index in [4.69, 9.17) is 55.9 Å². The molecule has 160 valence electrons. The number of benzene rings is 3. The number of rotatable bonds is 7. The third-order valence-corrected chi connectivity index (χ3v) is 5.24. The van der Waals surface area contributed by atoms with Crippen LogP contribution in [0.5, 0.6) is 11.5 Å². The highest BCUT2D eigenvalue weighted by molar-refractivity contribution is 6.35. The van der Waals surface area contributed by atoms with Crippen molar-refractivity contribution in [3.8, 4) is 11.5 Å². The monoisotopic (exact) mass is 496 g/mol. The molecule has 3 aromatic carbocycles. The molecular weight excluding hydrogens is 482 g/mol. The van der Waals surface area contributed by atoms with Crippen LogP contribution < -0.4 is 14.9 Å². The summed E-state index contributed by atoms with van der Waals surface area (Å²) < 4.78 is 11.2. The zero-order valence-electron chi connectivity index (χ0n) is 16.2. The minimum atomic E-state index is -0.370. The van der Waals surface area contributed by atoms with Crippen molar-refractivity contribution in [1.82, 2.24) is 5.43 Å². The largest absolute Gasteiger partial charge is 0.493 e. The fraction of sp³-hybridized carbons (Fsp3) is 0.0909. The number of carbonyl (C=O) groups excluding carboxylic acids is 1. The molecule has 3 aromatic rings. The number of hydrazone groups is 1. The smallest absolute Gasteiger partial charge is 0.271 e. The van der Waals surface area contributed by atoms with Crippen LogP contribution in [0, 0.1) is 0 Å². The molecule has 3 rings (SSSR count). The highest BCUT2D eigenvalue weighted by Gasteiger charge is 2.13. The fourth-order valence-corrected chi connectivity index (χ4v) is 3.44. The molecule has 0 bridgehead atoms. The van der Waals surface area contributed by atoms with Crippen molar-refractivity contribution in [1.29, 1.82) is 0 Å². The van der Waals surface area contributed by atoms with Gasteiger partial charge in [0.25, 0.3) is 5.91 Å². The summed E-state index contributed by atoms with van der Waals surface area (Å²) in [6.07, 6.45) is 1.45. The summed E-state index contributed by atoms with van der Waals surface area (Å²) in [7, 11) is 1.50. The molecule has 0 atom stereocenters. The number of hydrogen-bond donors (Lipinski definition) is 1. The molecule has 0 aliphatic carbocycles. The average molecular weight is 498 g/mol. The van der Waals surface area contributed by atoms with Crippen molar-refractivity contribution in [2.24, 2.45) is 5.10 Å². The van der Waals surface area contributed by atoms with Crippen LogP contribution in [0.2, 0.25) is 20.1 Å². The van der Waals surface area contributed by atoms with E-state index in [1.807, 2.05) is 0 Å². The maximum absolute atomic E-state index is 12.1. The third kappa shape index (κ3) is 6.28. The van der Waals surface area contributed by atoms with Crippen LogP contribution in [-0.4, -0.2) is 19.2 Å². The molecule has 1 N–H and O–H groups in total. The summed E-state index contributed by atoms with van der Waals surface area (Å²) in [6, 6.07) is 14.9. The Bertz CT molecular complexity index is 1120. The zero-order valence-corrected chi connectivity index (χ0v) is 19.2.